The monoisotopic (exact) mass is 472 g/mol. The molecule has 0 unspecified atom stereocenters. The lowest BCUT2D eigenvalue weighted by atomic mass is 10.2. The molecule has 1 heterocycles. The van der Waals surface area contributed by atoms with E-state index in [4.69, 9.17) is 9.47 Å². The van der Waals surface area contributed by atoms with Crippen molar-refractivity contribution in [2.75, 3.05) is 12.4 Å². The molecule has 7 heteroatoms. The quantitative estimate of drug-likeness (QED) is 0.427. The van der Waals surface area contributed by atoms with E-state index in [0.717, 1.165) is 21.3 Å². The molecule has 1 amide bonds. The van der Waals surface area contributed by atoms with Gasteiger partial charge in [0.25, 0.3) is 0 Å². The molecule has 29 heavy (non-hydrogen) atoms. The van der Waals surface area contributed by atoms with Gasteiger partial charge in [0, 0.05) is 21.5 Å². The van der Waals surface area contributed by atoms with Crippen LogP contribution in [0.15, 0.2) is 58.4 Å². The fraction of sp³-hybridized carbons (Fsp3) is 0.182. The zero-order chi connectivity index (χ0) is 20.8. The smallest absolute Gasteiger partial charge is 0.250 e. The molecule has 5 nitrogen and oxygen atoms in total. The number of carbonyl (C=O) groups excluding carboxylic acids is 1. The first-order chi connectivity index (χ1) is 13.9. The minimum atomic E-state index is -0.247. The van der Waals surface area contributed by atoms with Crippen LogP contribution >= 0.6 is 27.3 Å². The Kier molecular flexibility index (Phi) is 7.06. The summed E-state index contributed by atoms with van der Waals surface area (Å²) >= 11 is 4.81. The molecule has 0 saturated heterocycles. The van der Waals surface area contributed by atoms with E-state index >= 15 is 0 Å². The summed E-state index contributed by atoms with van der Waals surface area (Å²) in [6, 6.07) is 13.4. The molecule has 3 aromatic rings. The third-order valence-corrected chi connectivity index (χ3v) is 5.14. The molecular weight excluding hydrogens is 452 g/mol. The minimum Gasteiger partial charge on any atom is -0.493 e. The van der Waals surface area contributed by atoms with Crippen LogP contribution in [0.3, 0.4) is 0 Å². The molecule has 0 aliphatic rings. The van der Waals surface area contributed by atoms with Crippen molar-refractivity contribution >= 4 is 44.4 Å². The van der Waals surface area contributed by atoms with E-state index in [1.165, 1.54) is 17.4 Å². The minimum absolute atomic E-state index is 0.0525. The van der Waals surface area contributed by atoms with Gasteiger partial charge in [-0.25, -0.2) is 4.98 Å². The second-order valence-electron chi connectivity index (χ2n) is 6.44. The number of hydrogen-bond donors (Lipinski definition) is 1. The molecule has 1 aromatic heterocycles. The summed E-state index contributed by atoms with van der Waals surface area (Å²) in [4.78, 5) is 16.7. The van der Waals surface area contributed by atoms with Gasteiger partial charge in [0.15, 0.2) is 16.6 Å². The molecule has 0 aliphatic heterocycles. The van der Waals surface area contributed by atoms with Crippen LogP contribution in [-0.2, 0) is 4.79 Å². The van der Waals surface area contributed by atoms with Gasteiger partial charge < -0.3 is 9.47 Å². The van der Waals surface area contributed by atoms with Gasteiger partial charge in [0.05, 0.1) is 18.9 Å². The standard InChI is InChI=1S/C22H21BrN2O3S/c1-14(2)28-19-10-4-15(12-20(19)27-3)5-11-21(26)25-22-24-18(13-29-22)16-6-8-17(23)9-7-16/h4-14H,1-3H3,(H,24,25,26). The van der Waals surface area contributed by atoms with Crippen molar-refractivity contribution in [3.05, 3.63) is 64.0 Å². The van der Waals surface area contributed by atoms with Crippen LogP contribution in [-0.4, -0.2) is 24.1 Å². The van der Waals surface area contributed by atoms with Gasteiger partial charge in [-0.1, -0.05) is 34.1 Å². The number of halogens is 1. The predicted molar refractivity (Wildman–Crippen MR) is 122 cm³/mol. The molecule has 2 aromatic carbocycles. The van der Waals surface area contributed by atoms with Gasteiger partial charge in [-0.15, -0.1) is 11.3 Å². The van der Waals surface area contributed by atoms with Gasteiger partial charge in [-0.2, -0.15) is 0 Å². The fourth-order valence-corrected chi connectivity index (χ4v) is 3.53. The lowest BCUT2D eigenvalue weighted by molar-refractivity contribution is -0.111. The summed E-state index contributed by atoms with van der Waals surface area (Å²) in [5.74, 6) is 1.05. The van der Waals surface area contributed by atoms with Crippen LogP contribution in [0.2, 0.25) is 0 Å². The maximum Gasteiger partial charge on any atom is 0.250 e. The first-order valence-electron chi connectivity index (χ1n) is 9.00. The maximum absolute atomic E-state index is 12.2. The Morgan fingerprint density at radius 3 is 2.62 bits per heavy atom. The fourth-order valence-electron chi connectivity index (χ4n) is 2.54. The number of benzene rings is 2. The highest BCUT2D eigenvalue weighted by Gasteiger charge is 2.08. The van der Waals surface area contributed by atoms with Crippen LogP contribution in [0.5, 0.6) is 11.5 Å². The number of hydrogen-bond acceptors (Lipinski definition) is 5. The van der Waals surface area contributed by atoms with Crippen molar-refractivity contribution in [1.29, 1.82) is 0 Å². The van der Waals surface area contributed by atoms with E-state index in [1.807, 2.05) is 61.7 Å². The number of nitrogens with one attached hydrogen (secondary N) is 1. The third-order valence-electron chi connectivity index (χ3n) is 3.85. The van der Waals surface area contributed by atoms with Crippen molar-refractivity contribution in [2.24, 2.45) is 0 Å². The lowest BCUT2D eigenvalue weighted by Gasteiger charge is -2.13. The summed E-state index contributed by atoms with van der Waals surface area (Å²) in [6.45, 7) is 3.91. The van der Waals surface area contributed by atoms with E-state index in [0.29, 0.717) is 16.6 Å². The molecule has 150 valence electrons. The number of methoxy groups -OCH3 is 1. The van der Waals surface area contributed by atoms with Gasteiger partial charge in [0.2, 0.25) is 5.91 Å². The van der Waals surface area contributed by atoms with Crippen molar-refractivity contribution in [2.45, 2.75) is 20.0 Å². The number of nitrogens with zero attached hydrogens (tertiary/aromatic N) is 1. The van der Waals surface area contributed by atoms with Crippen LogP contribution < -0.4 is 14.8 Å². The Labute approximate surface area is 182 Å². The maximum atomic E-state index is 12.2. The molecular formula is C22H21BrN2O3S. The Morgan fingerprint density at radius 2 is 1.93 bits per heavy atom. The molecule has 0 saturated carbocycles. The Balaban J connectivity index is 1.65. The summed E-state index contributed by atoms with van der Waals surface area (Å²) in [5.41, 5.74) is 2.66. The van der Waals surface area contributed by atoms with E-state index in [-0.39, 0.29) is 12.0 Å². The van der Waals surface area contributed by atoms with Crippen molar-refractivity contribution < 1.29 is 14.3 Å². The number of rotatable bonds is 7. The Hall–Kier alpha value is -2.64. The zero-order valence-corrected chi connectivity index (χ0v) is 18.7. The molecule has 1 N–H and O–H groups in total. The van der Waals surface area contributed by atoms with Gasteiger partial charge in [-0.05, 0) is 49.8 Å². The van der Waals surface area contributed by atoms with Crippen molar-refractivity contribution in [3.63, 3.8) is 0 Å². The first-order valence-corrected chi connectivity index (χ1v) is 10.7. The summed E-state index contributed by atoms with van der Waals surface area (Å²) in [6.07, 6.45) is 3.25. The normalized spacial score (nSPS) is 11.1. The molecule has 0 radical (unpaired) electrons. The Bertz CT molecular complexity index is 1010. The number of thiazole rings is 1. The predicted octanol–water partition coefficient (Wildman–Crippen LogP) is 6.02. The molecule has 0 aliphatic carbocycles. The summed E-state index contributed by atoms with van der Waals surface area (Å²) in [7, 11) is 1.59. The highest BCUT2D eigenvalue weighted by atomic mass is 79.9. The number of anilines is 1. The number of amides is 1. The topological polar surface area (TPSA) is 60.5 Å². The lowest BCUT2D eigenvalue weighted by Crippen LogP contribution is -2.07. The molecule has 3 rings (SSSR count). The van der Waals surface area contributed by atoms with E-state index in [9.17, 15) is 4.79 Å². The Morgan fingerprint density at radius 1 is 1.17 bits per heavy atom. The van der Waals surface area contributed by atoms with Gasteiger partial charge in [-0.3, -0.25) is 10.1 Å². The molecule has 0 fully saturated rings. The number of aromatic nitrogens is 1. The van der Waals surface area contributed by atoms with E-state index < -0.39 is 0 Å². The van der Waals surface area contributed by atoms with E-state index in [2.05, 4.69) is 26.2 Å². The summed E-state index contributed by atoms with van der Waals surface area (Å²) < 4.78 is 12.1. The molecule has 0 bridgehead atoms. The van der Waals surface area contributed by atoms with Crippen LogP contribution in [0, 0.1) is 0 Å². The average Bonchev–Trinajstić information content (AvgIpc) is 3.15. The SMILES string of the molecule is COc1cc(C=CC(=O)Nc2nc(-c3ccc(Br)cc3)cs2)ccc1OC(C)C. The second kappa shape index (κ2) is 9.71. The van der Waals surface area contributed by atoms with Gasteiger partial charge >= 0.3 is 0 Å². The van der Waals surface area contributed by atoms with Crippen LogP contribution in [0.4, 0.5) is 5.13 Å². The zero-order valence-electron chi connectivity index (χ0n) is 16.3. The van der Waals surface area contributed by atoms with Crippen LogP contribution in [0.25, 0.3) is 17.3 Å². The van der Waals surface area contributed by atoms with Crippen LogP contribution in [0.1, 0.15) is 19.4 Å². The largest absolute Gasteiger partial charge is 0.493 e. The highest BCUT2D eigenvalue weighted by molar-refractivity contribution is 9.10. The molecule has 0 atom stereocenters. The second-order valence-corrected chi connectivity index (χ2v) is 8.22. The average molecular weight is 473 g/mol. The van der Waals surface area contributed by atoms with Crippen molar-refractivity contribution in [1.82, 2.24) is 4.98 Å². The van der Waals surface area contributed by atoms with E-state index in [1.54, 1.807) is 13.2 Å². The summed E-state index contributed by atoms with van der Waals surface area (Å²) in [5, 5.41) is 5.27. The first kappa shape index (κ1) is 21.1. The number of carbonyl (C=O) groups is 1. The molecule has 0 spiro atoms. The number of ether oxygens (including phenoxy) is 2. The third kappa shape index (κ3) is 5.92. The highest BCUT2D eigenvalue weighted by Crippen LogP contribution is 2.29. The van der Waals surface area contributed by atoms with Crippen molar-refractivity contribution in [3.8, 4) is 22.8 Å². The van der Waals surface area contributed by atoms with Gasteiger partial charge in [0.1, 0.15) is 0 Å².